The first kappa shape index (κ1) is 25.7. The van der Waals surface area contributed by atoms with Gasteiger partial charge in [-0.3, -0.25) is 0 Å². The van der Waals surface area contributed by atoms with E-state index in [2.05, 4.69) is 0 Å². The molecule has 24 valence electrons. The van der Waals surface area contributed by atoms with Gasteiger partial charge in [0.2, 0.25) is 0 Å². The fourth-order valence-corrected chi connectivity index (χ4v) is 0. The van der Waals surface area contributed by atoms with E-state index in [-0.39, 0.29) is 105 Å². The minimum atomic E-state index is 0. The first-order valence-corrected chi connectivity index (χ1v) is 0. The van der Waals surface area contributed by atoms with Crippen LogP contribution in [0.25, 0.3) is 0 Å². The van der Waals surface area contributed by atoms with Crippen LogP contribution < -0.4 is 0 Å². The van der Waals surface area contributed by atoms with Crippen LogP contribution in [0.4, 0.5) is 0 Å². The number of hydrogen-bond donors (Lipinski definition) is 0. The molecule has 0 aromatic heterocycles. The van der Waals surface area contributed by atoms with E-state index < -0.39 is 0 Å². The van der Waals surface area contributed by atoms with Gasteiger partial charge in [-0.1, -0.05) is 0 Å². The van der Waals surface area contributed by atoms with Gasteiger partial charge < -0.3 is 0 Å². The third-order valence-electron chi connectivity index (χ3n) is 0. The molecule has 0 unspecified atom stereocenters. The predicted molar refractivity (Wildman–Crippen MR) is 29.8 cm³/mol. The van der Waals surface area contributed by atoms with E-state index in [1.807, 2.05) is 0 Å². The van der Waals surface area contributed by atoms with Gasteiger partial charge in [0.05, 0.1) is 0 Å². The fraction of sp³-hybridized carbons (Fsp3) is 0. The second-order valence-corrected chi connectivity index (χ2v) is 0. The van der Waals surface area contributed by atoms with E-state index in [0.717, 1.165) is 0 Å². The molecular weight excluding hydrogens is 735 g/mol. The molecule has 0 saturated carbocycles. The molecule has 0 rings (SSSR count). The van der Waals surface area contributed by atoms with Crippen LogP contribution in [0.1, 0.15) is 0 Å². The molecule has 0 spiro atoms. The maximum atomic E-state index is 0. The Bertz CT molecular complexity index is 8.00. The summed E-state index contributed by atoms with van der Waals surface area (Å²) in [6, 6.07) is 0. The third-order valence-corrected chi connectivity index (χ3v) is 0. The number of rotatable bonds is 0. The molecule has 0 aliphatic heterocycles. The van der Waals surface area contributed by atoms with Crippen LogP contribution in [-0.2, 0) is 27.7 Å². The van der Waals surface area contributed by atoms with E-state index in [9.17, 15) is 0 Å². The SMILES string of the molecule is [BiH3].[Hg].[PbH2].[SnH4]. The second-order valence-electron chi connectivity index (χ2n) is 0. The van der Waals surface area contributed by atoms with Gasteiger partial charge >= 0.3 is 77.4 Å². The van der Waals surface area contributed by atoms with Crippen LogP contribution in [0.3, 0.4) is 0 Å². The van der Waals surface area contributed by atoms with Crippen LogP contribution in [0.15, 0.2) is 0 Å². The third kappa shape index (κ3) is 9.11. The van der Waals surface area contributed by atoms with Crippen molar-refractivity contribution in [3.05, 3.63) is 0 Å². The zero-order chi connectivity index (χ0) is 0. The van der Waals surface area contributed by atoms with Gasteiger partial charge in [-0.05, 0) is 0 Å². The molecule has 0 bridgehead atoms. The molecular formula is H9BiHgPbSn. The van der Waals surface area contributed by atoms with Crippen LogP contribution in [-0.4, -0.2) is 77.4 Å². The maximum absolute atomic E-state index is 0. The van der Waals surface area contributed by atoms with Crippen molar-refractivity contribution in [1.29, 1.82) is 0 Å². The average Bonchev–Trinajstić information content (AvgIpc) is 0. The van der Waals surface area contributed by atoms with Gasteiger partial charge in [0, 0.05) is 27.7 Å². The molecule has 0 fully saturated rings. The first-order chi connectivity index (χ1) is 0. The molecule has 0 aliphatic carbocycles. The summed E-state index contributed by atoms with van der Waals surface area (Å²) in [5, 5.41) is 0. The normalized spacial score (nSPS) is 0. The molecule has 0 aliphatic rings. The van der Waals surface area contributed by atoms with E-state index in [4.69, 9.17) is 0 Å². The zero-order valence-corrected chi connectivity index (χ0v) is 18.6. The van der Waals surface area contributed by atoms with Crippen LogP contribution in [0.5, 0.6) is 0 Å². The van der Waals surface area contributed by atoms with Gasteiger partial charge in [-0.15, -0.1) is 0 Å². The fourth-order valence-electron chi connectivity index (χ4n) is 0. The van der Waals surface area contributed by atoms with Crippen molar-refractivity contribution in [2.75, 3.05) is 0 Å². The van der Waals surface area contributed by atoms with Gasteiger partial charge in [0.15, 0.2) is 0 Å². The molecule has 0 saturated heterocycles. The van der Waals surface area contributed by atoms with Crippen molar-refractivity contribution in [1.82, 2.24) is 0 Å². The first-order valence-electron chi connectivity index (χ1n) is 0. The van der Waals surface area contributed by atoms with E-state index >= 15 is 0 Å². The van der Waals surface area contributed by atoms with Crippen LogP contribution in [0.2, 0.25) is 0 Å². The van der Waals surface area contributed by atoms with Crippen LogP contribution >= 0.6 is 0 Å². The Balaban J connectivity index is 0. The summed E-state index contributed by atoms with van der Waals surface area (Å²) in [5.41, 5.74) is 0. The van der Waals surface area contributed by atoms with Gasteiger partial charge in [0.25, 0.3) is 0 Å². The summed E-state index contributed by atoms with van der Waals surface area (Å²) in [6.45, 7) is 0. The molecule has 4 heavy (non-hydrogen) atoms. The van der Waals surface area contributed by atoms with Gasteiger partial charge in [-0.25, -0.2) is 0 Å². The molecule has 0 aromatic rings. The van der Waals surface area contributed by atoms with Crippen LogP contribution in [0, 0.1) is 0 Å². The van der Waals surface area contributed by atoms with Crippen molar-refractivity contribution in [3.8, 4) is 0 Å². The van der Waals surface area contributed by atoms with Crippen molar-refractivity contribution >= 4 is 77.4 Å². The Morgan fingerprint density at radius 2 is 1.00 bits per heavy atom. The summed E-state index contributed by atoms with van der Waals surface area (Å²) in [5.74, 6) is 0. The molecule has 0 atom stereocenters. The van der Waals surface area contributed by atoms with E-state index in [1.165, 1.54) is 0 Å². The van der Waals surface area contributed by atoms with Crippen molar-refractivity contribution in [2.24, 2.45) is 0 Å². The Hall–Kier alpha value is 3.54. The molecule has 0 N–H and O–H groups in total. The Morgan fingerprint density at radius 3 is 1.00 bits per heavy atom. The topological polar surface area (TPSA) is 0 Å². The standard InChI is InChI=1S/Bi.Hg.Pb.Sn.9H. The Kier molecular flexibility index (Phi) is 103. The monoisotopic (exact) mass is 748 g/mol. The molecule has 0 heterocycles. The van der Waals surface area contributed by atoms with Gasteiger partial charge in [-0.2, -0.15) is 0 Å². The second kappa shape index (κ2) is 16.0. The summed E-state index contributed by atoms with van der Waals surface area (Å²) in [4.78, 5) is 0. The Morgan fingerprint density at radius 1 is 1.00 bits per heavy atom. The zero-order valence-electron chi connectivity index (χ0n) is 2.12. The van der Waals surface area contributed by atoms with E-state index in [1.54, 1.807) is 0 Å². The summed E-state index contributed by atoms with van der Waals surface area (Å²) >= 11 is 0. The molecule has 4 heteroatoms. The Labute approximate surface area is 103 Å². The van der Waals surface area contributed by atoms with E-state index in [0.29, 0.717) is 0 Å². The molecule has 2 radical (unpaired) electrons. The number of hydrogen-bond acceptors (Lipinski definition) is 0. The quantitative estimate of drug-likeness (QED) is 0.226. The van der Waals surface area contributed by atoms with Gasteiger partial charge in [0.1, 0.15) is 0 Å². The summed E-state index contributed by atoms with van der Waals surface area (Å²) in [7, 11) is 0. The average molecular weight is 745 g/mol. The molecule has 0 nitrogen and oxygen atoms in total. The van der Waals surface area contributed by atoms with Crippen molar-refractivity contribution in [2.45, 2.75) is 0 Å². The minimum absolute atomic E-state index is 0. The van der Waals surface area contributed by atoms with Crippen molar-refractivity contribution in [3.63, 3.8) is 0 Å². The molecule has 0 aromatic carbocycles. The summed E-state index contributed by atoms with van der Waals surface area (Å²) in [6.07, 6.45) is 0. The predicted octanol–water partition coefficient (Wildman–Crippen LogP) is -3.55. The molecule has 0 amide bonds. The van der Waals surface area contributed by atoms with Crippen molar-refractivity contribution < 1.29 is 27.7 Å². The summed E-state index contributed by atoms with van der Waals surface area (Å²) < 4.78 is 0.